The van der Waals surface area contributed by atoms with Crippen molar-refractivity contribution in [3.8, 4) is 5.75 Å². The zero-order valence-electron chi connectivity index (χ0n) is 13.9. The van der Waals surface area contributed by atoms with Crippen molar-refractivity contribution >= 4 is 23.3 Å². The summed E-state index contributed by atoms with van der Waals surface area (Å²) >= 11 is 0. The van der Waals surface area contributed by atoms with Crippen LogP contribution in [0.3, 0.4) is 0 Å². The summed E-state index contributed by atoms with van der Waals surface area (Å²) in [6.07, 6.45) is 0. The van der Waals surface area contributed by atoms with Crippen LogP contribution in [0.5, 0.6) is 5.75 Å². The minimum absolute atomic E-state index is 0.126. The van der Waals surface area contributed by atoms with Crippen molar-refractivity contribution < 1.29 is 14.3 Å². The number of nitrogens with one attached hydrogen (secondary N) is 3. The Hall–Kier alpha value is -3.02. The molecule has 0 aliphatic rings. The first-order valence-electron chi connectivity index (χ1n) is 7.57. The van der Waals surface area contributed by atoms with E-state index in [0.29, 0.717) is 17.1 Å². The molecule has 0 heterocycles. The van der Waals surface area contributed by atoms with Gasteiger partial charge >= 0.3 is 6.03 Å². The summed E-state index contributed by atoms with van der Waals surface area (Å²) in [6.45, 7) is 3.32. The molecule has 0 fully saturated rings. The number of ether oxygens (including phenoxy) is 1. The van der Waals surface area contributed by atoms with Crippen LogP contribution in [-0.4, -0.2) is 19.0 Å². The molecule has 0 spiro atoms. The monoisotopic (exact) mass is 327 g/mol. The number of hydrogen-bond donors (Lipinski definition) is 3. The molecular weight excluding hydrogens is 306 g/mol. The minimum Gasteiger partial charge on any atom is -0.495 e. The number of amides is 3. The third kappa shape index (κ3) is 4.74. The molecule has 126 valence electrons. The lowest BCUT2D eigenvalue weighted by Crippen LogP contribution is -2.31. The summed E-state index contributed by atoms with van der Waals surface area (Å²) in [5, 5.41) is 8.28. The van der Waals surface area contributed by atoms with Gasteiger partial charge in [0.15, 0.2) is 0 Å². The van der Waals surface area contributed by atoms with Crippen molar-refractivity contribution in [2.75, 3.05) is 17.7 Å². The second-order valence-corrected chi connectivity index (χ2v) is 5.33. The third-order valence-electron chi connectivity index (χ3n) is 3.42. The van der Waals surface area contributed by atoms with E-state index in [-0.39, 0.29) is 18.0 Å². The van der Waals surface area contributed by atoms with E-state index in [0.717, 1.165) is 5.56 Å². The first-order valence-corrected chi connectivity index (χ1v) is 7.57. The van der Waals surface area contributed by atoms with Gasteiger partial charge in [-0.05, 0) is 30.7 Å². The molecule has 2 rings (SSSR count). The zero-order chi connectivity index (χ0) is 17.5. The maximum atomic E-state index is 12.1. The van der Waals surface area contributed by atoms with E-state index in [2.05, 4.69) is 16.0 Å². The minimum atomic E-state index is -0.328. The number of methoxy groups -OCH3 is 1. The number of hydrogen-bond acceptors (Lipinski definition) is 3. The van der Waals surface area contributed by atoms with E-state index >= 15 is 0 Å². The van der Waals surface area contributed by atoms with Gasteiger partial charge in [0, 0.05) is 12.6 Å². The summed E-state index contributed by atoms with van der Waals surface area (Å²) in [6, 6.07) is 14.3. The summed E-state index contributed by atoms with van der Waals surface area (Å²) in [7, 11) is 1.52. The number of carbonyl (C=O) groups excluding carboxylic acids is 2. The molecule has 0 saturated carbocycles. The van der Waals surface area contributed by atoms with Crippen molar-refractivity contribution in [3.63, 3.8) is 0 Å². The third-order valence-corrected chi connectivity index (χ3v) is 3.42. The van der Waals surface area contributed by atoms with Crippen molar-refractivity contribution in [1.82, 2.24) is 5.32 Å². The molecule has 24 heavy (non-hydrogen) atoms. The molecule has 6 nitrogen and oxygen atoms in total. The van der Waals surface area contributed by atoms with Crippen LogP contribution >= 0.6 is 0 Å². The second kappa shape index (κ2) is 8.01. The smallest absolute Gasteiger partial charge is 0.319 e. The first-order chi connectivity index (χ1) is 11.5. The molecule has 2 aromatic carbocycles. The van der Waals surface area contributed by atoms with Gasteiger partial charge in [-0.1, -0.05) is 30.3 Å². The van der Waals surface area contributed by atoms with Gasteiger partial charge in [-0.3, -0.25) is 4.79 Å². The van der Waals surface area contributed by atoms with Crippen LogP contribution in [0.4, 0.5) is 16.2 Å². The number of rotatable bonds is 5. The predicted octanol–water partition coefficient (Wildman–Crippen LogP) is 3.54. The van der Waals surface area contributed by atoms with Gasteiger partial charge in [0.1, 0.15) is 5.75 Å². The quantitative estimate of drug-likeness (QED) is 0.786. The van der Waals surface area contributed by atoms with Gasteiger partial charge in [-0.2, -0.15) is 0 Å². The second-order valence-electron chi connectivity index (χ2n) is 5.33. The predicted molar refractivity (Wildman–Crippen MR) is 94.3 cm³/mol. The summed E-state index contributed by atoms with van der Waals surface area (Å²) in [5.74, 6) is 0.307. The average Bonchev–Trinajstić information content (AvgIpc) is 2.55. The standard InChI is InChI=1S/C18H21N3O3/c1-12(14-7-5-4-6-8-14)19-18(23)21-15-9-10-17(24-3)16(11-15)20-13(2)22/h4-12H,1-3H3,(H,20,22)(H2,19,21,23)/t12-/m0/s1. The molecule has 0 radical (unpaired) electrons. The SMILES string of the molecule is COc1ccc(NC(=O)N[C@@H](C)c2ccccc2)cc1NC(C)=O. The molecule has 0 saturated heterocycles. The van der Waals surface area contributed by atoms with Crippen molar-refractivity contribution in [2.45, 2.75) is 19.9 Å². The van der Waals surface area contributed by atoms with Crippen LogP contribution in [0.1, 0.15) is 25.5 Å². The van der Waals surface area contributed by atoms with E-state index in [1.165, 1.54) is 14.0 Å². The van der Waals surface area contributed by atoms with E-state index in [1.54, 1.807) is 18.2 Å². The highest BCUT2D eigenvalue weighted by Crippen LogP contribution is 2.27. The molecule has 6 heteroatoms. The van der Waals surface area contributed by atoms with E-state index < -0.39 is 0 Å². The Bertz CT molecular complexity index is 717. The molecule has 3 N–H and O–H groups in total. The molecule has 0 aliphatic carbocycles. The van der Waals surface area contributed by atoms with Gasteiger partial charge in [-0.15, -0.1) is 0 Å². The Labute approximate surface area is 141 Å². The topological polar surface area (TPSA) is 79.5 Å². The van der Waals surface area contributed by atoms with Crippen LogP contribution in [0.2, 0.25) is 0 Å². The molecule has 0 aliphatic heterocycles. The van der Waals surface area contributed by atoms with Crippen LogP contribution in [-0.2, 0) is 4.79 Å². The fourth-order valence-corrected chi connectivity index (χ4v) is 2.26. The van der Waals surface area contributed by atoms with E-state index in [4.69, 9.17) is 4.74 Å². The lowest BCUT2D eigenvalue weighted by atomic mass is 10.1. The number of urea groups is 1. The normalized spacial score (nSPS) is 11.3. The maximum Gasteiger partial charge on any atom is 0.319 e. The molecule has 2 aromatic rings. The number of benzene rings is 2. The highest BCUT2D eigenvalue weighted by Gasteiger charge is 2.11. The van der Waals surface area contributed by atoms with Crippen LogP contribution in [0.15, 0.2) is 48.5 Å². The molecule has 1 atom stereocenters. The lowest BCUT2D eigenvalue weighted by Gasteiger charge is -2.16. The lowest BCUT2D eigenvalue weighted by molar-refractivity contribution is -0.114. The Kier molecular flexibility index (Phi) is 5.78. The first kappa shape index (κ1) is 17.3. The van der Waals surface area contributed by atoms with Crippen molar-refractivity contribution in [1.29, 1.82) is 0 Å². The summed E-state index contributed by atoms with van der Waals surface area (Å²) in [4.78, 5) is 23.4. The Morgan fingerprint density at radius 2 is 1.75 bits per heavy atom. The largest absolute Gasteiger partial charge is 0.495 e. The molecule has 3 amide bonds. The van der Waals surface area contributed by atoms with Crippen LogP contribution in [0, 0.1) is 0 Å². The molecule has 0 aromatic heterocycles. The number of anilines is 2. The van der Waals surface area contributed by atoms with Gasteiger partial charge < -0.3 is 20.7 Å². The highest BCUT2D eigenvalue weighted by molar-refractivity contribution is 5.94. The number of carbonyl (C=O) groups is 2. The zero-order valence-corrected chi connectivity index (χ0v) is 13.9. The molecular formula is C18H21N3O3. The Morgan fingerprint density at radius 3 is 2.38 bits per heavy atom. The van der Waals surface area contributed by atoms with Gasteiger partial charge in [0.25, 0.3) is 0 Å². The maximum absolute atomic E-state index is 12.1. The molecule has 0 unspecified atom stereocenters. The molecule has 0 bridgehead atoms. The Balaban J connectivity index is 2.04. The summed E-state index contributed by atoms with van der Waals surface area (Å²) < 4.78 is 5.19. The van der Waals surface area contributed by atoms with Crippen LogP contribution in [0.25, 0.3) is 0 Å². The van der Waals surface area contributed by atoms with Crippen LogP contribution < -0.4 is 20.7 Å². The van der Waals surface area contributed by atoms with Gasteiger partial charge in [0.05, 0.1) is 18.8 Å². The van der Waals surface area contributed by atoms with Crippen molar-refractivity contribution in [3.05, 3.63) is 54.1 Å². The average molecular weight is 327 g/mol. The van der Waals surface area contributed by atoms with Crippen molar-refractivity contribution in [2.24, 2.45) is 0 Å². The van der Waals surface area contributed by atoms with E-state index in [1.807, 2.05) is 37.3 Å². The Morgan fingerprint density at radius 1 is 1.04 bits per heavy atom. The highest BCUT2D eigenvalue weighted by atomic mass is 16.5. The fraction of sp³-hybridized carbons (Fsp3) is 0.222. The summed E-state index contributed by atoms with van der Waals surface area (Å²) in [5.41, 5.74) is 2.07. The fourth-order valence-electron chi connectivity index (χ4n) is 2.26. The van der Waals surface area contributed by atoms with E-state index in [9.17, 15) is 9.59 Å². The van der Waals surface area contributed by atoms with Gasteiger partial charge in [0.2, 0.25) is 5.91 Å². The van der Waals surface area contributed by atoms with Gasteiger partial charge in [-0.25, -0.2) is 4.79 Å².